The minimum absolute atomic E-state index is 0.353. The lowest BCUT2D eigenvalue weighted by atomic mass is 9.85. The Labute approximate surface area is 156 Å². The van der Waals surface area contributed by atoms with E-state index < -0.39 is 5.97 Å². The molecule has 2 fully saturated rings. The molecule has 2 aromatic rings. The van der Waals surface area contributed by atoms with Gasteiger partial charge in [-0.3, -0.25) is 9.69 Å². The highest BCUT2D eigenvalue weighted by molar-refractivity contribution is 7.15. The van der Waals surface area contributed by atoms with Crippen molar-refractivity contribution in [1.29, 1.82) is 0 Å². The zero-order valence-corrected chi connectivity index (χ0v) is 15.5. The molecule has 0 amide bonds. The molecule has 1 saturated heterocycles. The monoisotopic (exact) mass is 376 g/mol. The number of hydrogen-bond acceptors (Lipinski definition) is 4. The van der Waals surface area contributed by atoms with Crippen molar-refractivity contribution in [2.45, 2.75) is 50.7 Å². The summed E-state index contributed by atoms with van der Waals surface area (Å²) in [4.78, 5) is 19.6. The number of thiazole rings is 1. The van der Waals surface area contributed by atoms with Crippen LogP contribution in [0.1, 0.15) is 37.0 Å². The predicted octanol–water partition coefficient (Wildman–Crippen LogP) is 4.68. The highest BCUT2D eigenvalue weighted by Crippen LogP contribution is 2.41. The highest BCUT2D eigenvalue weighted by Gasteiger charge is 2.45. The number of aliphatic carboxylic acids is 1. The van der Waals surface area contributed by atoms with Gasteiger partial charge in [0.25, 0.3) is 0 Å². The van der Waals surface area contributed by atoms with Gasteiger partial charge in [0.15, 0.2) is 0 Å². The Kier molecular flexibility index (Phi) is 4.80. The molecular weight excluding hydrogens is 356 g/mol. The smallest absolute Gasteiger partial charge is 0.320 e. The van der Waals surface area contributed by atoms with Crippen LogP contribution in [0.5, 0.6) is 0 Å². The number of carbonyl (C=O) groups is 1. The molecule has 3 unspecified atom stereocenters. The van der Waals surface area contributed by atoms with Crippen LogP contribution in [0, 0.1) is 5.92 Å². The van der Waals surface area contributed by atoms with E-state index in [9.17, 15) is 9.90 Å². The van der Waals surface area contributed by atoms with E-state index in [2.05, 4.69) is 9.88 Å². The molecule has 1 N–H and O–H groups in total. The number of fused-ring (bicyclic) bond motifs is 1. The van der Waals surface area contributed by atoms with Gasteiger partial charge in [0, 0.05) is 34.2 Å². The van der Waals surface area contributed by atoms with Gasteiger partial charge >= 0.3 is 5.97 Å². The minimum atomic E-state index is -0.683. The van der Waals surface area contributed by atoms with Gasteiger partial charge in [-0.2, -0.15) is 0 Å². The number of halogens is 1. The largest absolute Gasteiger partial charge is 0.480 e. The summed E-state index contributed by atoms with van der Waals surface area (Å²) in [7, 11) is 0. The number of rotatable bonds is 4. The standard InChI is InChI=1S/C19H21ClN2O2S/c20-14-7-5-12(6-8-14)18-21-10-15(25-18)11-22-16-4-2-1-3-13(16)9-17(22)19(23)24/h5-8,10,13,16-17H,1-4,9,11H2,(H,23,24). The Bertz CT molecular complexity index is 761. The molecule has 4 nitrogen and oxygen atoms in total. The number of benzene rings is 1. The van der Waals surface area contributed by atoms with E-state index in [0.717, 1.165) is 28.3 Å². The molecule has 1 aromatic carbocycles. The van der Waals surface area contributed by atoms with E-state index in [1.807, 2.05) is 30.5 Å². The van der Waals surface area contributed by atoms with Crippen molar-refractivity contribution in [2.75, 3.05) is 0 Å². The Morgan fingerprint density at radius 3 is 2.80 bits per heavy atom. The first kappa shape index (κ1) is 17.0. The molecule has 0 bridgehead atoms. The molecule has 0 radical (unpaired) electrons. The summed E-state index contributed by atoms with van der Waals surface area (Å²) >= 11 is 7.59. The van der Waals surface area contributed by atoms with Crippen LogP contribution in [0.3, 0.4) is 0 Å². The van der Waals surface area contributed by atoms with Crippen LogP contribution in [-0.4, -0.2) is 33.0 Å². The van der Waals surface area contributed by atoms with Crippen LogP contribution in [0.4, 0.5) is 0 Å². The fraction of sp³-hybridized carbons (Fsp3) is 0.474. The van der Waals surface area contributed by atoms with Gasteiger partial charge in [-0.05, 0) is 37.3 Å². The summed E-state index contributed by atoms with van der Waals surface area (Å²) in [6.45, 7) is 0.684. The Balaban J connectivity index is 1.54. The van der Waals surface area contributed by atoms with Crippen LogP contribution in [0.15, 0.2) is 30.5 Å². The summed E-state index contributed by atoms with van der Waals surface area (Å²) < 4.78 is 0. The number of carboxylic acid groups (broad SMARTS) is 1. The molecule has 6 heteroatoms. The molecule has 25 heavy (non-hydrogen) atoms. The summed E-state index contributed by atoms with van der Waals surface area (Å²) in [5, 5.41) is 11.3. The second kappa shape index (κ2) is 7.06. The number of nitrogens with zero attached hydrogens (tertiary/aromatic N) is 2. The zero-order chi connectivity index (χ0) is 17.4. The third kappa shape index (κ3) is 3.46. The third-order valence-corrected chi connectivity index (χ3v) is 6.77. The van der Waals surface area contributed by atoms with Crippen LogP contribution in [-0.2, 0) is 11.3 Å². The molecule has 3 atom stereocenters. The molecule has 4 rings (SSSR count). The molecular formula is C19H21ClN2O2S. The van der Waals surface area contributed by atoms with Crippen molar-refractivity contribution in [1.82, 2.24) is 9.88 Å². The predicted molar refractivity (Wildman–Crippen MR) is 99.9 cm³/mol. The van der Waals surface area contributed by atoms with Gasteiger partial charge in [-0.1, -0.05) is 36.6 Å². The van der Waals surface area contributed by atoms with E-state index in [0.29, 0.717) is 23.5 Å². The summed E-state index contributed by atoms with van der Waals surface area (Å²) in [5.74, 6) is -0.143. The third-order valence-electron chi connectivity index (χ3n) is 5.49. The second-order valence-corrected chi connectivity index (χ2v) is 8.56. The van der Waals surface area contributed by atoms with E-state index in [1.54, 1.807) is 11.3 Å². The van der Waals surface area contributed by atoms with E-state index in [1.165, 1.54) is 19.3 Å². The molecule has 2 heterocycles. The van der Waals surface area contributed by atoms with E-state index >= 15 is 0 Å². The Hall–Kier alpha value is -1.43. The number of hydrogen-bond donors (Lipinski definition) is 1. The average molecular weight is 377 g/mol. The quantitative estimate of drug-likeness (QED) is 0.841. The van der Waals surface area contributed by atoms with Gasteiger partial charge in [0.05, 0.1) is 0 Å². The van der Waals surface area contributed by atoms with E-state index in [4.69, 9.17) is 11.6 Å². The summed E-state index contributed by atoms with van der Waals surface area (Å²) in [6.07, 6.45) is 7.43. The van der Waals surface area contributed by atoms with Gasteiger partial charge in [-0.15, -0.1) is 11.3 Å². The van der Waals surface area contributed by atoms with E-state index in [-0.39, 0.29) is 6.04 Å². The minimum Gasteiger partial charge on any atom is -0.480 e. The van der Waals surface area contributed by atoms with Crippen LogP contribution < -0.4 is 0 Å². The first-order valence-corrected chi connectivity index (χ1v) is 10.0. The van der Waals surface area contributed by atoms with Crippen molar-refractivity contribution >= 4 is 28.9 Å². The van der Waals surface area contributed by atoms with Gasteiger partial charge < -0.3 is 5.11 Å². The number of likely N-dealkylation sites (tertiary alicyclic amines) is 1. The Morgan fingerprint density at radius 2 is 2.04 bits per heavy atom. The molecule has 1 saturated carbocycles. The van der Waals surface area contributed by atoms with Crippen LogP contribution in [0.2, 0.25) is 5.02 Å². The first-order chi connectivity index (χ1) is 12.1. The second-order valence-electron chi connectivity index (χ2n) is 7.01. The van der Waals surface area contributed by atoms with Crippen molar-refractivity contribution in [3.05, 3.63) is 40.4 Å². The topological polar surface area (TPSA) is 53.4 Å². The molecule has 1 aliphatic heterocycles. The lowest BCUT2D eigenvalue weighted by Gasteiger charge is -2.32. The molecule has 1 aromatic heterocycles. The zero-order valence-electron chi connectivity index (χ0n) is 13.9. The SMILES string of the molecule is O=C(O)C1CC2CCCCC2N1Cc1cnc(-c2ccc(Cl)cc2)s1. The van der Waals surface area contributed by atoms with Gasteiger partial charge in [0.1, 0.15) is 11.0 Å². The maximum atomic E-state index is 11.7. The van der Waals surface area contributed by atoms with Crippen molar-refractivity contribution in [3.8, 4) is 10.6 Å². The molecule has 0 spiro atoms. The lowest BCUT2D eigenvalue weighted by Crippen LogP contribution is -2.41. The first-order valence-electron chi connectivity index (χ1n) is 8.81. The molecule has 2 aliphatic rings. The summed E-state index contributed by atoms with van der Waals surface area (Å²) in [6, 6.07) is 7.73. The fourth-order valence-corrected chi connectivity index (χ4v) is 5.36. The van der Waals surface area contributed by atoms with Crippen molar-refractivity contribution < 1.29 is 9.90 Å². The lowest BCUT2D eigenvalue weighted by molar-refractivity contribution is -0.142. The maximum Gasteiger partial charge on any atom is 0.320 e. The van der Waals surface area contributed by atoms with Gasteiger partial charge in [-0.25, -0.2) is 4.98 Å². The highest BCUT2D eigenvalue weighted by atomic mass is 35.5. The van der Waals surface area contributed by atoms with Crippen molar-refractivity contribution in [3.63, 3.8) is 0 Å². The number of aromatic nitrogens is 1. The van der Waals surface area contributed by atoms with Crippen LogP contribution >= 0.6 is 22.9 Å². The van der Waals surface area contributed by atoms with Gasteiger partial charge in [0.2, 0.25) is 0 Å². The fourth-order valence-electron chi connectivity index (χ4n) is 4.31. The Morgan fingerprint density at radius 1 is 1.28 bits per heavy atom. The molecule has 1 aliphatic carbocycles. The van der Waals surface area contributed by atoms with Crippen LogP contribution in [0.25, 0.3) is 10.6 Å². The molecule has 132 valence electrons. The number of carboxylic acids is 1. The normalized spacial score (nSPS) is 26.5. The average Bonchev–Trinajstić information content (AvgIpc) is 3.21. The summed E-state index contributed by atoms with van der Waals surface area (Å²) in [5.41, 5.74) is 1.05. The van der Waals surface area contributed by atoms with Crippen molar-refractivity contribution in [2.24, 2.45) is 5.92 Å². The maximum absolute atomic E-state index is 11.7.